The normalized spacial score (nSPS) is 15.4. The first-order valence-electron chi connectivity index (χ1n) is 9.69. The molecule has 3 aromatic rings. The number of carbonyl (C=O) groups excluding carboxylic acids is 1. The molecule has 1 aliphatic heterocycles. The van der Waals surface area contributed by atoms with Gasteiger partial charge in [-0.15, -0.1) is 0 Å². The number of carbonyl (C=O) groups is 1. The second-order valence-electron chi connectivity index (χ2n) is 7.24. The van der Waals surface area contributed by atoms with Crippen molar-refractivity contribution >= 4 is 17.5 Å². The van der Waals surface area contributed by atoms with Gasteiger partial charge in [0.15, 0.2) is 11.5 Å². The van der Waals surface area contributed by atoms with Gasteiger partial charge in [0, 0.05) is 11.6 Å². The Bertz CT molecular complexity index is 1150. The predicted molar refractivity (Wildman–Crippen MR) is 114 cm³/mol. The maximum absolute atomic E-state index is 14.4. The smallest absolute Gasteiger partial charge is 0.257 e. The van der Waals surface area contributed by atoms with E-state index in [2.05, 4.69) is 0 Å². The van der Waals surface area contributed by atoms with E-state index in [0.29, 0.717) is 29.5 Å². The first-order chi connectivity index (χ1) is 14.9. The Kier molecular flexibility index (Phi) is 5.83. The minimum atomic E-state index is -0.769. The number of ether oxygens (including phenoxy) is 2. The summed E-state index contributed by atoms with van der Waals surface area (Å²) in [4.78, 5) is 14.9. The SMILES string of the molecule is COc1cc2c(cc1OC)[C@@H](c1cccc(Cl)c1)N(C(=O)c1cc(F)ccc1F)CC2. The van der Waals surface area contributed by atoms with Crippen molar-refractivity contribution in [2.24, 2.45) is 0 Å². The van der Waals surface area contributed by atoms with Crippen LogP contribution in [0.2, 0.25) is 5.02 Å². The van der Waals surface area contributed by atoms with Crippen LogP contribution >= 0.6 is 11.6 Å². The fourth-order valence-electron chi connectivity index (χ4n) is 4.02. The summed E-state index contributed by atoms with van der Waals surface area (Å²) < 4.78 is 39.1. The molecule has 0 spiro atoms. The number of rotatable bonds is 4. The number of methoxy groups -OCH3 is 2. The number of nitrogens with zero attached hydrogens (tertiary/aromatic N) is 1. The molecule has 4 rings (SSSR count). The van der Waals surface area contributed by atoms with Gasteiger partial charge in [-0.25, -0.2) is 8.78 Å². The van der Waals surface area contributed by atoms with E-state index in [0.717, 1.165) is 34.9 Å². The highest BCUT2D eigenvalue weighted by atomic mass is 35.5. The van der Waals surface area contributed by atoms with E-state index in [1.165, 1.54) is 12.0 Å². The maximum atomic E-state index is 14.4. The molecule has 1 aliphatic rings. The molecule has 0 radical (unpaired) electrons. The molecule has 0 bridgehead atoms. The van der Waals surface area contributed by atoms with Crippen molar-refractivity contribution in [1.82, 2.24) is 4.90 Å². The van der Waals surface area contributed by atoms with E-state index in [1.54, 1.807) is 25.3 Å². The summed E-state index contributed by atoms with van der Waals surface area (Å²) in [5, 5.41) is 0.509. The molecule has 0 aliphatic carbocycles. The number of hydrogen-bond donors (Lipinski definition) is 0. The predicted octanol–water partition coefficient (Wildman–Crippen LogP) is 5.42. The van der Waals surface area contributed by atoms with Gasteiger partial charge in [0.2, 0.25) is 0 Å². The highest BCUT2D eigenvalue weighted by molar-refractivity contribution is 6.30. The van der Waals surface area contributed by atoms with Crippen molar-refractivity contribution in [3.63, 3.8) is 0 Å². The Labute approximate surface area is 184 Å². The molecule has 0 N–H and O–H groups in total. The minimum Gasteiger partial charge on any atom is -0.493 e. The molecule has 0 unspecified atom stereocenters. The zero-order valence-corrected chi connectivity index (χ0v) is 17.7. The third-order valence-corrected chi connectivity index (χ3v) is 5.69. The third kappa shape index (κ3) is 3.95. The number of benzene rings is 3. The Morgan fingerprint density at radius 3 is 2.48 bits per heavy atom. The molecule has 3 aromatic carbocycles. The van der Waals surface area contributed by atoms with E-state index in [-0.39, 0.29) is 5.56 Å². The van der Waals surface area contributed by atoms with Gasteiger partial charge >= 0.3 is 0 Å². The summed E-state index contributed by atoms with van der Waals surface area (Å²) in [5.41, 5.74) is 2.24. The average Bonchev–Trinajstić information content (AvgIpc) is 2.78. The number of amides is 1. The Morgan fingerprint density at radius 2 is 1.77 bits per heavy atom. The first kappa shape index (κ1) is 21.1. The van der Waals surface area contributed by atoms with Gasteiger partial charge < -0.3 is 14.4 Å². The first-order valence-corrected chi connectivity index (χ1v) is 10.1. The third-order valence-electron chi connectivity index (χ3n) is 5.46. The van der Waals surface area contributed by atoms with Gasteiger partial charge in [0.05, 0.1) is 25.8 Å². The molecule has 0 aromatic heterocycles. The summed E-state index contributed by atoms with van der Waals surface area (Å²) in [6.07, 6.45) is 0.523. The molecule has 160 valence electrons. The van der Waals surface area contributed by atoms with Crippen LogP contribution in [0.4, 0.5) is 8.78 Å². The van der Waals surface area contributed by atoms with E-state index in [4.69, 9.17) is 21.1 Å². The fourth-order valence-corrected chi connectivity index (χ4v) is 4.22. The second kappa shape index (κ2) is 8.55. The number of halogens is 3. The molecule has 4 nitrogen and oxygen atoms in total. The number of hydrogen-bond acceptors (Lipinski definition) is 3. The lowest BCUT2D eigenvalue weighted by atomic mass is 9.87. The van der Waals surface area contributed by atoms with Gasteiger partial charge in [-0.3, -0.25) is 4.79 Å². The monoisotopic (exact) mass is 443 g/mol. The zero-order chi connectivity index (χ0) is 22.1. The van der Waals surface area contributed by atoms with Gasteiger partial charge in [-0.1, -0.05) is 23.7 Å². The maximum Gasteiger partial charge on any atom is 0.257 e. The van der Waals surface area contributed by atoms with E-state index in [9.17, 15) is 13.6 Å². The van der Waals surface area contributed by atoms with Crippen LogP contribution in [-0.4, -0.2) is 31.6 Å². The van der Waals surface area contributed by atoms with Crippen molar-refractivity contribution < 1.29 is 23.0 Å². The lowest BCUT2D eigenvalue weighted by molar-refractivity contribution is 0.0688. The van der Waals surface area contributed by atoms with E-state index >= 15 is 0 Å². The van der Waals surface area contributed by atoms with Crippen LogP contribution in [0.15, 0.2) is 54.6 Å². The summed E-state index contributed by atoms with van der Waals surface area (Å²) >= 11 is 6.23. The Balaban J connectivity index is 1.88. The molecule has 0 saturated carbocycles. The minimum absolute atomic E-state index is 0.309. The molecule has 31 heavy (non-hydrogen) atoms. The van der Waals surface area contributed by atoms with Gasteiger partial charge in [0.1, 0.15) is 11.6 Å². The quantitative estimate of drug-likeness (QED) is 0.540. The van der Waals surface area contributed by atoms with Crippen molar-refractivity contribution in [2.75, 3.05) is 20.8 Å². The topological polar surface area (TPSA) is 38.8 Å². The Hall–Kier alpha value is -3.12. The fraction of sp³-hybridized carbons (Fsp3) is 0.208. The van der Waals surface area contributed by atoms with Crippen molar-refractivity contribution in [3.8, 4) is 11.5 Å². The zero-order valence-electron chi connectivity index (χ0n) is 17.0. The van der Waals surface area contributed by atoms with Crippen LogP contribution in [0.5, 0.6) is 11.5 Å². The largest absolute Gasteiger partial charge is 0.493 e. The van der Waals surface area contributed by atoms with E-state index < -0.39 is 23.6 Å². The summed E-state index contributed by atoms with van der Waals surface area (Å²) in [6.45, 7) is 0.314. The van der Waals surface area contributed by atoms with Gasteiger partial charge in [0.25, 0.3) is 5.91 Å². The number of fused-ring (bicyclic) bond motifs is 1. The molecule has 0 fully saturated rings. The summed E-state index contributed by atoms with van der Waals surface area (Å²) in [6, 6.07) is 13.2. The average molecular weight is 444 g/mol. The van der Waals surface area contributed by atoms with Gasteiger partial charge in [-0.05, 0) is 65.6 Å². The van der Waals surface area contributed by atoms with Crippen LogP contribution in [0.3, 0.4) is 0 Å². The van der Waals surface area contributed by atoms with Crippen molar-refractivity contribution in [1.29, 1.82) is 0 Å². The van der Waals surface area contributed by atoms with Crippen LogP contribution in [0.25, 0.3) is 0 Å². The Morgan fingerprint density at radius 1 is 1.03 bits per heavy atom. The highest BCUT2D eigenvalue weighted by Gasteiger charge is 2.35. The molecule has 0 saturated heterocycles. The molecular weight excluding hydrogens is 424 g/mol. The standard InChI is InChI=1S/C24H20ClF2NO3/c1-30-21-11-14-8-9-28(24(29)19-12-17(26)6-7-20(19)27)23(18(14)13-22(21)31-2)15-4-3-5-16(25)10-15/h3-7,10-13,23H,8-9H2,1-2H3/t23-/m1/s1. The molecular formula is C24H20ClF2NO3. The molecule has 1 heterocycles. The van der Waals surface area contributed by atoms with E-state index in [1.807, 2.05) is 18.2 Å². The van der Waals surface area contributed by atoms with Crippen LogP contribution in [0, 0.1) is 11.6 Å². The molecule has 7 heteroatoms. The molecule has 1 amide bonds. The van der Waals surface area contributed by atoms with Crippen molar-refractivity contribution in [3.05, 3.63) is 93.5 Å². The summed E-state index contributed by atoms with van der Waals surface area (Å²) in [5.74, 6) is -0.939. The van der Waals surface area contributed by atoms with Crippen LogP contribution in [-0.2, 0) is 6.42 Å². The highest BCUT2D eigenvalue weighted by Crippen LogP contribution is 2.42. The van der Waals surface area contributed by atoms with Crippen LogP contribution < -0.4 is 9.47 Å². The van der Waals surface area contributed by atoms with Crippen molar-refractivity contribution in [2.45, 2.75) is 12.5 Å². The van der Waals surface area contributed by atoms with Crippen LogP contribution in [0.1, 0.15) is 33.1 Å². The lowest BCUT2D eigenvalue weighted by Gasteiger charge is -2.38. The molecule has 1 atom stereocenters. The second-order valence-corrected chi connectivity index (χ2v) is 7.67. The lowest BCUT2D eigenvalue weighted by Crippen LogP contribution is -2.41. The summed E-state index contributed by atoms with van der Waals surface area (Å²) in [7, 11) is 3.09. The van der Waals surface area contributed by atoms with Gasteiger partial charge in [-0.2, -0.15) is 0 Å².